The molecule has 710 valence electrons. The Kier molecular flexibility index (Phi) is 33.8. The number of ether oxygens (including phenoxy) is 12. The summed E-state index contributed by atoms with van der Waals surface area (Å²) in [5, 5.41) is 41.4. The van der Waals surface area contributed by atoms with Crippen LogP contribution in [0.3, 0.4) is 0 Å². The number of carboxylic acid groups (broad SMARTS) is 2. The standard InChI is InChI=1S/C30H30F3N3O7.C25H30O9.C24H20F3N3O8.C7H4F3N3.C4H8O/c1-6-28(5)23(16-41-29(18(3)37,27(39)40-7-2)15-20-11-9-8-10-12-20)43-26(24(28)42-19(4)38)36-17-34-21-13-14-22(30(31,32)33)35-25(21)36;1-7-24(6)20(34-22(33-18(5)28)21(24)32-17(4)27)15-31-25(16(3)26,23(29)30-8-2)14-19-12-10-9-11-13-19;1-2-22(36)16(11-37-23(20(32)33,21(34)35)10-13-6-4-3-5-7-13)38-19(17(22)31)30-12-28-14-8-9-15(24(25,26)27)29-18(14)30;8-7(9,10)5-2-1-4-6(13-5)12-3-11-4;1-2-4-5-3-1/h1,8-14,17,23-24,26H,7,15-16H2,2-5H3;1,9-13,20-22H,8,14-15H2,2-6H3;1,3-9,12,16-17,19,31,36H,10-11H2,(H,32,33)(H,34,35);1-3H,(H,11,12,13);1-4H2/t23-,24+,26-,28+,29?;20-,21+,22?,24+,25?;16-,17+,19-,22-;;/m111../s1. The van der Waals surface area contributed by atoms with Crippen LogP contribution >= 0.6 is 0 Å². The van der Waals surface area contributed by atoms with Gasteiger partial charge in [-0.2, -0.15) is 39.5 Å². The maximum Gasteiger partial charge on any atom is 0.433 e. The van der Waals surface area contributed by atoms with Gasteiger partial charge in [0.1, 0.15) is 52.5 Å². The van der Waals surface area contributed by atoms with Gasteiger partial charge in [0.15, 0.2) is 58.8 Å². The number of alkyl halides is 9. The number of carbonyl (C=O) groups is 9. The lowest BCUT2D eigenvalue weighted by Gasteiger charge is -2.33. The molecule has 10 heterocycles. The fourth-order valence-electron chi connectivity index (χ4n) is 14.3. The second kappa shape index (κ2) is 43.5. The summed E-state index contributed by atoms with van der Waals surface area (Å²) in [6.07, 6.45) is -3.97. The van der Waals surface area contributed by atoms with Crippen LogP contribution in [0, 0.1) is 47.9 Å². The lowest BCUT2D eigenvalue weighted by molar-refractivity contribution is -0.201. The van der Waals surface area contributed by atoms with Crippen LogP contribution in [-0.2, 0) is 138 Å². The number of aromatic amines is 1. The van der Waals surface area contributed by atoms with E-state index in [4.69, 9.17) is 76.1 Å². The van der Waals surface area contributed by atoms with Crippen LogP contribution < -0.4 is 0 Å². The molecule has 4 aliphatic rings. The van der Waals surface area contributed by atoms with Crippen molar-refractivity contribution < 1.29 is 160 Å². The largest absolute Gasteiger partial charge is 0.479 e. The van der Waals surface area contributed by atoms with Gasteiger partial charge in [-0.15, -0.1) is 19.3 Å². The van der Waals surface area contributed by atoms with Crippen LogP contribution in [0.25, 0.3) is 33.5 Å². The molecular formula is C90H92F9N9O25. The van der Waals surface area contributed by atoms with E-state index in [2.05, 4.69) is 46.7 Å². The lowest BCUT2D eigenvalue weighted by Crippen LogP contribution is -2.55. The second-order valence-electron chi connectivity index (χ2n) is 30.7. The molecule has 43 heteroatoms. The van der Waals surface area contributed by atoms with Gasteiger partial charge in [0, 0.05) is 53.2 Å². The monoisotopic (exact) mass is 1870 g/mol. The number of rotatable bonds is 28. The quantitative estimate of drug-likeness (QED) is 0.01000. The van der Waals surface area contributed by atoms with E-state index in [0.717, 1.165) is 55.3 Å². The number of esters is 5. The third kappa shape index (κ3) is 23.8. The molecule has 6 aromatic heterocycles. The molecule has 0 radical (unpaired) electrons. The average Bonchev–Trinajstić information content (AvgIpc) is 1.61. The summed E-state index contributed by atoms with van der Waals surface area (Å²) in [7, 11) is 0. The van der Waals surface area contributed by atoms with Gasteiger partial charge in [-0.1, -0.05) is 109 Å². The predicted octanol–water partition coefficient (Wildman–Crippen LogP) is 10.1. The maximum absolute atomic E-state index is 13.5. The van der Waals surface area contributed by atoms with E-state index in [1.165, 1.54) is 76.0 Å². The van der Waals surface area contributed by atoms with Gasteiger partial charge in [0.25, 0.3) is 5.60 Å². The van der Waals surface area contributed by atoms with E-state index in [-0.39, 0.29) is 60.6 Å². The number of nitrogens with zero attached hydrogens (tertiary/aromatic N) is 8. The fourth-order valence-corrected chi connectivity index (χ4v) is 14.3. The molecule has 3 unspecified atom stereocenters. The van der Waals surface area contributed by atoms with Gasteiger partial charge < -0.3 is 82.3 Å². The molecule has 5 N–H and O–H groups in total. The van der Waals surface area contributed by atoms with Crippen molar-refractivity contribution in [3.63, 3.8) is 0 Å². The SMILES string of the molecule is C#C[C@@]1(C)[C@@H](COC(Cc2ccccc2)(C(C)=O)C(=O)OCC)OC(OC(C)=O)[C@@H]1OC(C)=O.C#C[C@@]1(C)[C@@H](COC(Cc2ccccc2)(C(C)=O)C(=O)OCC)O[C@@H](n2cnc3ccc(C(F)(F)F)nc32)[C@@H]1OC(C)=O.C#C[C@@]1(O)[C@@H](COC(Cc2ccccc2)(C(=O)O)C(=O)O)O[C@@H](n2cnc3ccc(C(F)(F)F)nc32)[C@@H]1O.C1CCOC1.FC(F)(F)c1ccc2[nH]cnc2n1. The van der Waals surface area contributed by atoms with Gasteiger partial charge >= 0.3 is 60.3 Å². The molecule has 0 aliphatic carbocycles. The Morgan fingerprint density at radius 3 is 1.27 bits per heavy atom. The zero-order valence-corrected chi connectivity index (χ0v) is 72.6. The molecule has 3 aromatic carbocycles. The molecule has 4 aliphatic heterocycles. The number of terminal acetylenes is 3. The molecular weight excluding hydrogens is 1780 g/mol. The van der Waals surface area contributed by atoms with Gasteiger partial charge in [0.2, 0.25) is 17.5 Å². The minimum atomic E-state index is -4.79. The smallest absolute Gasteiger partial charge is 0.433 e. The normalized spacial score (nSPS) is 23.0. The zero-order valence-electron chi connectivity index (χ0n) is 72.6. The Bertz CT molecular complexity index is 5740. The number of nitrogens with one attached hydrogen (secondary N) is 1. The Morgan fingerprint density at radius 1 is 0.496 bits per heavy atom. The molecule has 4 fully saturated rings. The number of aliphatic hydroxyl groups excluding tert-OH is 1. The molecule has 4 saturated heterocycles. The van der Waals surface area contributed by atoms with E-state index in [1.807, 2.05) is 5.92 Å². The number of aliphatic hydroxyl groups is 2. The summed E-state index contributed by atoms with van der Waals surface area (Å²) in [6.45, 7) is 12.6. The number of benzene rings is 3. The average molecular weight is 1870 g/mol. The molecule has 0 saturated carbocycles. The Morgan fingerprint density at radius 2 is 0.880 bits per heavy atom. The molecule has 133 heavy (non-hydrogen) atoms. The van der Waals surface area contributed by atoms with Gasteiger partial charge in [-0.3, -0.25) is 33.1 Å². The number of hydrogen-bond acceptors (Lipinski definition) is 29. The summed E-state index contributed by atoms with van der Waals surface area (Å²) in [5.41, 5.74) is -13.7. The van der Waals surface area contributed by atoms with Crippen molar-refractivity contribution in [3.05, 3.63) is 180 Å². The summed E-state index contributed by atoms with van der Waals surface area (Å²) >= 11 is 0. The molecule has 34 nitrogen and oxygen atoms in total. The summed E-state index contributed by atoms with van der Waals surface area (Å²) in [5.74, 6) is -1.66. The minimum Gasteiger partial charge on any atom is -0.479 e. The number of halogens is 9. The van der Waals surface area contributed by atoms with Gasteiger partial charge in [-0.25, -0.2) is 49.1 Å². The fraction of sp³-hybridized carbons (Fsp3) is 0.433. The number of carbonyl (C=O) groups excluding carboxylic acids is 7. The Hall–Kier alpha value is -13.2. The van der Waals surface area contributed by atoms with Crippen molar-refractivity contribution in [3.8, 4) is 37.0 Å². The van der Waals surface area contributed by atoms with E-state index in [1.54, 1.807) is 107 Å². The topological polar surface area (TPSA) is 448 Å². The number of ketones is 2. The van der Waals surface area contributed by atoms with Crippen molar-refractivity contribution in [1.82, 2.24) is 44.0 Å². The number of hydrogen-bond donors (Lipinski definition) is 5. The van der Waals surface area contributed by atoms with Crippen molar-refractivity contribution in [2.75, 3.05) is 46.2 Å². The summed E-state index contributed by atoms with van der Waals surface area (Å²) in [4.78, 5) is 137. The number of Topliss-reactive ketones (excluding diaryl/α,β-unsaturated/α-hetero) is 2. The minimum absolute atomic E-state index is 0.0105. The number of carboxylic acids is 2. The first-order valence-electron chi connectivity index (χ1n) is 40.6. The highest BCUT2D eigenvalue weighted by Gasteiger charge is 2.62. The first-order chi connectivity index (χ1) is 62.7. The van der Waals surface area contributed by atoms with Gasteiger partial charge in [0.05, 0.1) is 68.4 Å². The van der Waals surface area contributed by atoms with Crippen molar-refractivity contribution in [1.29, 1.82) is 0 Å². The number of aliphatic carboxylic acids is 2. The van der Waals surface area contributed by atoms with Crippen molar-refractivity contribution in [2.24, 2.45) is 10.8 Å². The maximum atomic E-state index is 13.5. The highest BCUT2D eigenvalue weighted by atomic mass is 19.4. The van der Waals surface area contributed by atoms with E-state index in [9.17, 15) is 103 Å². The summed E-state index contributed by atoms with van der Waals surface area (Å²) in [6, 6.07) is 31.2. The van der Waals surface area contributed by atoms with Crippen LogP contribution in [0.4, 0.5) is 39.5 Å². The van der Waals surface area contributed by atoms with Crippen LogP contribution in [-0.4, -0.2) is 229 Å². The summed E-state index contributed by atoms with van der Waals surface area (Å²) < 4.78 is 185. The number of pyridine rings is 3. The number of H-pyrrole nitrogens is 1. The molecule has 0 amide bonds. The lowest BCUT2D eigenvalue weighted by atomic mass is 9.81. The Labute approximate surface area is 752 Å². The number of imidazole rings is 3. The van der Waals surface area contributed by atoms with E-state index < -0.39 is 197 Å². The van der Waals surface area contributed by atoms with Crippen LogP contribution in [0.5, 0.6) is 0 Å². The van der Waals surface area contributed by atoms with E-state index >= 15 is 0 Å². The van der Waals surface area contributed by atoms with Gasteiger partial charge in [-0.05, 0) is 107 Å². The molecule has 14 atom stereocenters. The van der Waals surface area contributed by atoms with Crippen molar-refractivity contribution in [2.45, 2.75) is 191 Å². The predicted molar refractivity (Wildman–Crippen MR) is 443 cm³/mol. The molecule has 9 aromatic rings. The Balaban J connectivity index is 0.000000205. The highest BCUT2D eigenvalue weighted by molar-refractivity contribution is 6.07. The number of fused-ring (bicyclic) bond motifs is 3. The van der Waals surface area contributed by atoms with Crippen LogP contribution in [0.15, 0.2) is 146 Å². The highest BCUT2D eigenvalue weighted by Crippen LogP contribution is 2.48. The van der Waals surface area contributed by atoms with Crippen LogP contribution in [0.2, 0.25) is 0 Å². The van der Waals surface area contributed by atoms with Crippen LogP contribution in [0.1, 0.15) is 121 Å². The third-order valence-electron chi connectivity index (χ3n) is 21.6. The molecule has 13 rings (SSSR count). The molecule has 0 spiro atoms. The molecule has 0 bridgehead atoms. The zero-order chi connectivity index (χ0) is 98.0. The van der Waals surface area contributed by atoms with E-state index in [0.29, 0.717) is 28.3 Å². The van der Waals surface area contributed by atoms with Crippen molar-refractivity contribution >= 4 is 86.8 Å². The second-order valence-corrected chi connectivity index (χ2v) is 30.7. The number of aromatic nitrogens is 9. The first kappa shape index (κ1) is 104. The third-order valence-corrected chi connectivity index (χ3v) is 21.6. The first-order valence-corrected chi connectivity index (χ1v) is 40.6.